The van der Waals surface area contributed by atoms with Gasteiger partial charge in [0.25, 0.3) is 0 Å². The van der Waals surface area contributed by atoms with Crippen LogP contribution in [0, 0.1) is 5.92 Å². The molecule has 0 radical (unpaired) electrons. The molecule has 20 heavy (non-hydrogen) atoms. The van der Waals surface area contributed by atoms with Gasteiger partial charge in [0.2, 0.25) is 0 Å². The maximum absolute atomic E-state index is 9.65. The van der Waals surface area contributed by atoms with Gasteiger partial charge in [0, 0.05) is 25.8 Å². The molecule has 110 valence electrons. The molecule has 1 aromatic rings. The van der Waals surface area contributed by atoms with Crippen LogP contribution in [0.25, 0.3) is 0 Å². The Morgan fingerprint density at radius 3 is 2.85 bits per heavy atom. The van der Waals surface area contributed by atoms with Crippen molar-refractivity contribution in [2.24, 2.45) is 5.92 Å². The Bertz CT molecular complexity index is 454. The van der Waals surface area contributed by atoms with Gasteiger partial charge in [-0.25, -0.2) is 0 Å². The van der Waals surface area contributed by atoms with Crippen molar-refractivity contribution in [2.75, 3.05) is 26.8 Å². The van der Waals surface area contributed by atoms with Gasteiger partial charge < -0.3 is 9.84 Å². The first-order valence-corrected chi connectivity index (χ1v) is 7.84. The standard InChI is InChI=1S/C17H25NO2/c1-18(12-13-7-9-20-10-8-13)17-4-2-3-14-11-15(19)5-6-16(14)17/h5-6,11,13,17,19H,2-4,7-10,12H2,1H3. The number of aromatic hydroxyl groups is 1. The topological polar surface area (TPSA) is 32.7 Å². The van der Waals surface area contributed by atoms with Crippen LogP contribution in [0.5, 0.6) is 5.75 Å². The molecule has 0 amide bonds. The second-order valence-electron chi connectivity index (χ2n) is 6.29. The molecule has 0 aromatic heterocycles. The number of ether oxygens (including phenoxy) is 1. The Balaban J connectivity index is 1.71. The van der Waals surface area contributed by atoms with Gasteiger partial charge in [-0.05, 0) is 68.3 Å². The molecule has 1 atom stereocenters. The van der Waals surface area contributed by atoms with Crippen molar-refractivity contribution < 1.29 is 9.84 Å². The van der Waals surface area contributed by atoms with Crippen LogP contribution >= 0.6 is 0 Å². The molecular weight excluding hydrogens is 250 g/mol. The summed E-state index contributed by atoms with van der Waals surface area (Å²) in [6.45, 7) is 3.01. The van der Waals surface area contributed by atoms with E-state index in [0.717, 1.165) is 32.1 Å². The summed E-state index contributed by atoms with van der Waals surface area (Å²) in [5.41, 5.74) is 2.75. The molecule has 2 aliphatic rings. The molecule has 0 bridgehead atoms. The monoisotopic (exact) mass is 275 g/mol. The van der Waals surface area contributed by atoms with E-state index in [2.05, 4.69) is 18.0 Å². The summed E-state index contributed by atoms with van der Waals surface area (Å²) in [5, 5.41) is 9.65. The molecule has 0 spiro atoms. The Morgan fingerprint density at radius 1 is 1.25 bits per heavy atom. The first-order valence-electron chi connectivity index (χ1n) is 7.84. The summed E-state index contributed by atoms with van der Waals surface area (Å²) in [5.74, 6) is 1.17. The van der Waals surface area contributed by atoms with Gasteiger partial charge in [0.1, 0.15) is 5.75 Å². The molecular formula is C17H25NO2. The molecule has 1 unspecified atom stereocenters. The Morgan fingerprint density at radius 2 is 2.05 bits per heavy atom. The van der Waals surface area contributed by atoms with E-state index in [-0.39, 0.29) is 0 Å². The fourth-order valence-corrected chi connectivity index (χ4v) is 3.70. The van der Waals surface area contributed by atoms with Crippen molar-refractivity contribution in [2.45, 2.75) is 38.1 Å². The van der Waals surface area contributed by atoms with Crippen molar-refractivity contribution in [1.82, 2.24) is 4.90 Å². The van der Waals surface area contributed by atoms with Gasteiger partial charge in [-0.15, -0.1) is 0 Å². The van der Waals surface area contributed by atoms with Gasteiger partial charge in [-0.2, -0.15) is 0 Å². The average Bonchev–Trinajstić information content (AvgIpc) is 2.47. The number of hydrogen-bond acceptors (Lipinski definition) is 3. The highest BCUT2D eigenvalue weighted by molar-refractivity contribution is 5.38. The van der Waals surface area contributed by atoms with E-state index in [9.17, 15) is 5.11 Å². The number of phenolic OH excluding ortho intramolecular Hbond substituents is 1. The molecule has 3 nitrogen and oxygen atoms in total. The number of rotatable bonds is 3. The predicted molar refractivity (Wildman–Crippen MR) is 80.0 cm³/mol. The molecule has 1 aliphatic carbocycles. The maximum atomic E-state index is 9.65. The summed E-state index contributed by atoms with van der Waals surface area (Å²) in [6.07, 6.45) is 5.95. The third-order valence-corrected chi connectivity index (χ3v) is 4.83. The van der Waals surface area contributed by atoms with Crippen molar-refractivity contribution in [3.8, 4) is 5.75 Å². The molecule has 3 rings (SSSR count). The summed E-state index contributed by atoms with van der Waals surface area (Å²) in [7, 11) is 2.25. The summed E-state index contributed by atoms with van der Waals surface area (Å²) >= 11 is 0. The summed E-state index contributed by atoms with van der Waals surface area (Å²) in [4.78, 5) is 2.52. The number of aryl methyl sites for hydroxylation is 1. The van der Waals surface area contributed by atoms with Gasteiger partial charge >= 0.3 is 0 Å². The zero-order chi connectivity index (χ0) is 13.9. The first kappa shape index (κ1) is 13.9. The molecule has 1 N–H and O–H groups in total. The van der Waals surface area contributed by atoms with Gasteiger partial charge in [-0.1, -0.05) is 6.07 Å². The fourth-order valence-electron chi connectivity index (χ4n) is 3.70. The van der Waals surface area contributed by atoms with E-state index in [1.54, 1.807) is 0 Å². The van der Waals surface area contributed by atoms with Gasteiger partial charge in [0.15, 0.2) is 0 Å². The molecule has 1 aromatic carbocycles. The molecule has 3 heteroatoms. The van der Waals surface area contributed by atoms with Crippen LogP contribution in [0.15, 0.2) is 18.2 Å². The second-order valence-corrected chi connectivity index (χ2v) is 6.29. The van der Waals surface area contributed by atoms with Crippen LogP contribution in [-0.4, -0.2) is 36.8 Å². The Labute approximate surface area is 121 Å². The molecule has 1 heterocycles. The van der Waals surface area contributed by atoms with E-state index < -0.39 is 0 Å². The van der Waals surface area contributed by atoms with Crippen LogP contribution in [0.3, 0.4) is 0 Å². The number of nitrogens with zero attached hydrogens (tertiary/aromatic N) is 1. The van der Waals surface area contributed by atoms with E-state index in [1.165, 1.54) is 36.8 Å². The number of hydrogen-bond donors (Lipinski definition) is 1. The van der Waals surface area contributed by atoms with Crippen molar-refractivity contribution in [1.29, 1.82) is 0 Å². The minimum absolute atomic E-state index is 0.400. The molecule has 0 saturated carbocycles. The van der Waals surface area contributed by atoms with E-state index in [4.69, 9.17) is 4.74 Å². The lowest BCUT2D eigenvalue weighted by molar-refractivity contribution is 0.0489. The van der Waals surface area contributed by atoms with Crippen LogP contribution in [0.4, 0.5) is 0 Å². The Hall–Kier alpha value is -1.06. The smallest absolute Gasteiger partial charge is 0.115 e. The summed E-state index contributed by atoms with van der Waals surface area (Å²) < 4.78 is 5.45. The van der Waals surface area contributed by atoms with E-state index in [1.807, 2.05) is 12.1 Å². The van der Waals surface area contributed by atoms with Crippen LogP contribution in [0.2, 0.25) is 0 Å². The molecule has 1 saturated heterocycles. The normalized spacial score (nSPS) is 23.8. The highest BCUT2D eigenvalue weighted by atomic mass is 16.5. The zero-order valence-corrected chi connectivity index (χ0v) is 12.3. The lowest BCUT2D eigenvalue weighted by Gasteiger charge is -2.36. The second kappa shape index (κ2) is 6.15. The minimum Gasteiger partial charge on any atom is -0.508 e. The largest absolute Gasteiger partial charge is 0.508 e. The number of phenols is 1. The third-order valence-electron chi connectivity index (χ3n) is 4.83. The van der Waals surface area contributed by atoms with Crippen molar-refractivity contribution >= 4 is 0 Å². The fraction of sp³-hybridized carbons (Fsp3) is 0.647. The van der Waals surface area contributed by atoms with Crippen LogP contribution in [-0.2, 0) is 11.2 Å². The maximum Gasteiger partial charge on any atom is 0.115 e. The van der Waals surface area contributed by atoms with E-state index in [0.29, 0.717) is 11.8 Å². The number of fused-ring (bicyclic) bond motifs is 1. The predicted octanol–water partition coefficient (Wildman–Crippen LogP) is 3.13. The SMILES string of the molecule is CN(CC1CCOCC1)C1CCCc2cc(O)ccc21. The lowest BCUT2D eigenvalue weighted by Crippen LogP contribution is -2.34. The summed E-state index contributed by atoms with van der Waals surface area (Å²) in [6, 6.07) is 6.42. The highest BCUT2D eigenvalue weighted by Gasteiger charge is 2.26. The van der Waals surface area contributed by atoms with Crippen LogP contribution in [0.1, 0.15) is 42.9 Å². The zero-order valence-electron chi connectivity index (χ0n) is 12.3. The van der Waals surface area contributed by atoms with E-state index >= 15 is 0 Å². The quantitative estimate of drug-likeness (QED) is 0.920. The van der Waals surface area contributed by atoms with Crippen molar-refractivity contribution in [3.05, 3.63) is 29.3 Å². The number of benzene rings is 1. The third kappa shape index (κ3) is 2.99. The van der Waals surface area contributed by atoms with Crippen LogP contribution < -0.4 is 0 Å². The average molecular weight is 275 g/mol. The molecule has 1 fully saturated rings. The first-order chi connectivity index (χ1) is 9.74. The molecule has 1 aliphatic heterocycles. The lowest BCUT2D eigenvalue weighted by atomic mass is 9.86. The highest BCUT2D eigenvalue weighted by Crippen LogP contribution is 2.36. The van der Waals surface area contributed by atoms with Gasteiger partial charge in [0.05, 0.1) is 0 Å². The minimum atomic E-state index is 0.400. The van der Waals surface area contributed by atoms with Crippen molar-refractivity contribution in [3.63, 3.8) is 0 Å². The van der Waals surface area contributed by atoms with Gasteiger partial charge in [-0.3, -0.25) is 4.90 Å². The Kier molecular flexibility index (Phi) is 4.27.